The highest BCUT2D eigenvalue weighted by molar-refractivity contribution is 8.76. The fourth-order valence-corrected chi connectivity index (χ4v) is 10.6. The van der Waals surface area contributed by atoms with Crippen LogP contribution in [0.2, 0.25) is 0 Å². The van der Waals surface area contributed by atoms with E-state index in [2.05, 4.69) is 58.2 Å². The minimum atomic E-state index is -2.40. The smallest absolute Gasteiger partial charge is 0.327 e. The average molecular weight is 1340 g/mol. The summed E-state index contributed by atoms with van der Waals surface area (Å²) in [5.41, 5.74) is 33.8. The molecule has 2 rings (SSSR count). The lowest BCUT2D eigenvalue weighted by Gasteiger charge is -2.28. The quantitative estimate of drug-likeness (QED) is 0.0249. The predicted octanol–water partition coefficient (Wildman–Crippen LogP) is -9.60. The standard InChI is InChI=1S/C53H86N18O19S2/c1-24(2)17-32-45(82)68-36(21-73)49(86)69-35(20-72)48(85)63-30(8-6-16-60-53(58)59)42(79)61-25(3)40(77)71-51(88)50(87)64-29(7-4-5-15-54)43(80)70-37(52(89)90)23-92-91-22-28(55)41(78)62-31(13-14-38(56)75)44(81)66-33(18-26-9-11-27(74)12-10-26)46(83)67-34(19-39(57)76)47(84)65-32/h9-12,24-25,28-37,51,72-74,88H,4-8,13-23,54-55H2,1-3H3,(H2,56,75)(H2,57,76)(H,61,79)(H,62,78)(H,63,85)(H,64,87)(H,65,84)(H,66,81)(H,67,83)(H,68,82)(H,69,86)(H,70,80)(H,71,77)(H,89,90)(H4,58,59,60)/t25-,28-,29-,30-,31-,32-,33-,34-,35-,36-,37?,51-/m0/s1. The lowest BCUT2D eigenvalue weighted by Crippen LogP contribution is -2.62. The molecular formula is C53H86N18O19S2. The molecule has 1 fully saturated rings. The van der Waals surface area contributed by atoms with Gasteiger partial charge in [0.15, 0.2) is 5.96 Å². The number of guanidine groups is 1. The molecule has 0 saturated carbocycles. The largest absolute Gasteiger partial charge is 0.508 e. The summed E-state index contributed by atoms with van der Waals surface area (Å²) in [6.07, 6.45) is -4.86. The second kappa shape index (κ2) is 41.0. The van der Waals surface area contributed by atoms with Crippen LogP contribution in [0.25, 0.3) is 0 Å². The first-order valence-corrected chi connectivity index (χ1v) is 31.4. The van der Waals surface area contributed by atoms with Crippen molar-refractivity contribution < 1.29 is 92.7 Å². The third-order valence-corrected chi connectivity index (χ3v) is 15.7. The predicted molar refractivity (Wildman–Crippen MR) is 330 cm³/mol. The molecule has 39 heteroatoms. The molecule has 0 bridgehead atoms. The number of amides is 13. The Morgan fingerprint density at radius 3 is 1.55 bits per heavy atom. The number of primary amides is 2. The first-order chi connectivity index (χ1) is 43.3. The van der Waals surface area contributed by atoms with Crippen molar-refractivity contribution in [2.75, 3.05) is 37.8 Å². The summed E-state index contributed by atoms with van der Waals surface area (Å²) >= 11 is 0. The molecule has 0 radical (unpaired) electrons. The molecular weight excluding hydrogens is 1260 g/mol. The van der Waals surface area contributed by atoms with Gasteiger partial charge in [-0.05, 0) is 82.0 Å². The van der Waals surface area contributed by atoms with E-state index >= 15 is 0 Å². The number of rotatable bonds is 20. The van der Waals surface area contributed by atoms with Gasteiger partial charge >= 0.3 is 5.97 Å². The van der Waals surface area contributed by atoms with Crippen LogP contribution >= 0.6 is 21.6 Å². The van der Waals surface area contributed by atoms with Crippen LogP contribution in [-0.2, 0) is 73.5 Å². The van der Waals surface area contributed by atoms with Gasteiger partial charge in [0.25, 0.3) is 5.91 Å². The summed E-state index contributed by atoms with van der Waals surface area (Å²) < 4.78 is 0. The molecule has 1 aromatic rings. The topological polar surface area (TPSA) is 641 Å². The molecule has 1 saturated heterocycles. The van der Waals surface area contributed by atoms with Gasteiger partial charge in [-0.15, -0.1) is 0 Å². The molecule has 0 aromatic heterocycles. The van der Waals surface area contributed by atoms with Crippen LogP contribution in [0.5, 0.6) is 5.75 Å². The lowest BCUT2D eigenvalue weighted by molar-refractivity contribution is -0.142. The fourth-order valence-electron chi connectivity index (χ4n) is 8.30. The van der Waals surface area contributed by atoms with E-state index in [4.69, 9.17) is 34.4 Å². The summed E-state index contributed by atoms with van der Waals surface area (Å²) in [7, 11) is 1.68. The highest BCUT2D eigenvalue weighted by Gasteiger charge is 2.37. The molecule has 0 spiro atoms. The summed E-state index contributed by atoms with van der Waals surface area (Å²) in [6, 6.07) is -13.4. The van der Waals surface area contributed by atoms with E-state index in [1.807, 2.05) is 5.32 Å². The second-order valence-electron chi connectivity index (χ2n) is 21.5. The highest BCUT2D eigenvalue weighted by atomic mass is 33.1. The van der Waals surface area contributed by atoms with Gasteiger partial charge in [-0.3, -0.25) is 67.3 Å². The van der Waals surface area contributed by atoms with Crippen molar-refractivity contribution in [3.63, 3.8) is 0 Å². The molecule has 1 aliphatic rings. The Balaban J connectivity index is 2.74. The zero-order valence-corrected chi connectivity index (χ0v) is 52.4. The summed E-state index contributed by atoms with van der Waals surface area (Å²) in [5.74, 6) is -18.1. The summed E-state index contributed by atoms with van der Waals surface area (Å²) in [5, 5.41) is 76.4. The number of carboxylic acids is 1. The van der Waals surface area contributed by atoms with Gasteiger partial charge < -0.3 is 118 Å². The monoisotopic (exact) mass is 1340 g/mol. The molecule has 28 N–H and O–H groups in total. The van der Waals surface area contributed by atoms with Gasteiger partial charge in [0.05, 0.1) is 25.7 Å². The molecule has 37 nitrogen and oxygen atoms in total. The van der Waals surface area contributed by atoms with Crippen molar-refractivity contribution in [1.82, 2.24) is 58.5 Å². The maximum atomic E-state index is 14.3. The third-order valence-electron chi connectivity index (χ3n) is 13.3. The van der Waals surface area contributed by atoms with Crippen LogP contribution < -0.4 is 92.9 Å². The maximum absolute atomic E-state index is 14.3. The molecule has 1 heterocycles. The van der Waals surface area contributed by atoms with Gasteiger partial charge in [0.2, 0.25) is 77.1 Å². The Labute approximate surface area is 535 Å². The van der Waals surface area contributed by atoms with Crippen LogP contribution in [0, 0.1) is 5.92 Å². The number of nitrogens with zero attached hydrogens (tertiary/aromatic N) is 1. The highest BCUT2D eigenvalue weighted by Crippen LogP contribution is 2.23. The number of unbranched alkanes of at least 4 members (excludes halogenated alkanes) is 1. The number of carbonyl (C=O) groups is 14. The van der Waals surface area contributed by atoms with E-state index in [9.17, 15) is 92.7 Å². The Morgan fingerprint density at radius 1 is 0.554 bits per heavy atom. The zero-order chi connectivity index (χ0) is 69.4. The Bertz CT molecular complexity index is 2770. The van der Waals surface area contributed by atoms with Crippen molar-refractivity contribution in [3.8, 4) is 5.75 Å². The number of aliphatic imine (C=N–C) groups is 1. The number of carboxylic acid groups (broad SMARTS) is 1. The Morgan fingerprint density at radius 2 is 1.01 bits per heavy atom. The summed E-state index contributed by atoms with van der Waals surface area (Å²) in [6.45, 7) is 2.06. The first kappa shape index (κ1) is 79.5. The van der Waals surface area contributed by atoms with Gasteiger partial charge in [0, 0.05) is 30.9 Å². The number of aliphatic hydroxyl groups excluding tert-OH is 3. The van der Waals surface area contributed by atoms with E-state index in [0.29, 0.717) is 12.0 Å². The second-order valence-corrected chi connectivity index (χ2v) is 24.0. The number of phenolic OH excluding ortho intramolecular Hbond substituents is 1. The van der Waals surface area contributed by atoms with Crippen molar-refractivity contribution in [3.05, 3.63) is 29.8 Å². The molecule has 1 aromatic carbocycles. The van der Waals surface area contributed by atoms with E-state index in [-0.39, 0.29) is 68.4 Å². The Kier molecular flexibility index (Phi) is 35.4. The van der Waals surface area contributed by atoms with Gasteiger partial charge in [-0.25, -0.2) is 4.79 Å². The van der Waals surface area contributed by atoms with Crippen LogP contribution in [0.15, 0.2) is 29.3 Å². The molecule has 0 aliphatic carbocycles. The van der Waals surface area contributed by atoms with Crippen LogP contribution in [0.1, 0.15) is 84.1 Å². The number of aliphatic carboxylic acids is 1. The first-order valence-electron chi connectivity index (χ1n) is 28.9. The molecule has 92 heavy (non-hydrogen) atoms. The number of hydrogen-bond acceptors (Lipinski definition) is 23. The van der Waals surface area contributed by atoms with Crippen LogP contribution in [-0.4, -0.2) is 225 Å². The number of hydrogen-bond donors (Lipinski definition) is 22. The number of carbonyl (C=O) groups excluding carboxylic acids is 13. The van der Waals surface area contributed by atoms with Crippen molar-refractivity contribution in [2.24, 2.45) is 45.3 Å². The van der Waals surface area contributed by atoms with Gasteiger partial charge in [0.1, 0.15) is 66.2 Å². The van der Waals surface area contributed by atoms with Crippen LogP contribution in [0.3, 0.4) is 0 Å². The maximum Gasteiger partial charge on any atom is 0.327 e. The molecule has 1 aliphatic heterocycles. The van der Waals surface area contributed by atoms with E-state index < -0.39 is 200 Å². The van der Waals surface area contributed by atoms with Crippen molar-refractivity contribution in [1.29, 1.82) is 0 Å². The number of phenols is 1. The van der Waals surface area contributed by atoms with E-state index in [1.165, 1.54) is 24.3 Å². The minimum absolute atomic E-state index is 0.0189. The van der Waals surface area contributed by atoms with Crippen molar-refractivity contribution >= 4 is 110 Å². The normalized spacial score (nSPS) is 25.8. The number of aliphatic hydroxyl groups is 3. The van der Waals surface area contributed by atoms with E-state index in [1.54, 1.807) is 13.8 Å². The van der Waals surface area contributed by atoms with Crippen molar-refractivity contribution in [2.45, 2.75) is 158 Å². The number of nitrogens with two attached hydrogens (primary N) is 6. The SMILES string of the molecule is CC(C)C[C@@H]1NC(=O)[C@H](CC(N)=O)NC(=O)[C@H](Cc2ccc(O)cc2)NC(=O)[C@H](CCC(N)=O)NC(=O)[C@@H](N)CSSCC(C(=O)O)NC(=O)[C@H](CCCCN)NC(=O)[C@H](O)NC(=O)[C@H](C)NC(=O)[C@H](CCCN=C(N)N)NC(=O)[C@H](CO)NC(=O)[C@H](CO)NC1=O. The number of nitrogens with one attached hydrogen (secondary N) is 11. The average Bonchev–Trinajstić information content (AvgIpc) is 1.16. The van der Waals surface area contributed by atoms with Gasteiger partial charge in [-0.1, -0.05) is 47.6 Å². The Hall–Kier alpha value is -8.63. The molecule has 12 atom stereocenters. The van der Waals surface area contributed by atoms with Gasteiger partial charge in [-0.2, -0.15) is 0 Å². The fraction of sp³-hybridized carbons (Fsp3) is 0.604. The summed E-state index contributed by atoms with van der Waals surface area (Å²) in [4.78, 5) is 192. The number of benzene rings is 1. The third kappa shape index (κ3) is 29.5. The van der Waals surface area contributed by atoms with E-state index in [0.717, 1.165) is 28.5 Å². The zero-order valence-electron chi connectivity index (χ0n) is 50.8. The lowest BCUT2D eigenvalue weighted by atomic mass is 10.0. The molecule has 514 valence electrons. The minimum Gasteiger partial charge on any atom is -0.508 e. The molecule has 1 unspecified atom stereocenters. The number of aromatic hydroxyl groups is 1. The van der Waals surface area contributed by atoms with Crippen LogP contribution in [0.4, 0.5) is 0 Å². The molecule has 13 amide bonds.